The minimum atomic E-state index is -0.347. The molecule has 0 bridgehead atoms. The maximum absolute atomic E-state index is 12.3. The Morgan fingerprint density at radius 3 is 2.48 bits per heavy atom. The van der Waals surface area contributed by atoms with Crippen molar-refractivity contribution in [2.45, 2.75) is 40.7 Å². The van der Waals surface area contributed by atoms with Gasteiger partial charge < -0.3 is 9.30 Å². The van der Waals surface area contributed by atoms with E-state index in [0.717, 1.165) is 28.2 Å². The van der Waals surface area contributed by atoms with E-state index in [1.807, 2.05) is 81.7 Å². The molecule has 0 spiro atoms. The highest BCUT2D eigenvalue weighted by molar-refractivity contribution is 5.96. The molecule has 160 valence electrons. The van der Waals surface area contributed by atoms with Gasteiger partial charge in [0.1, 0.15) is 0 Å². The van der Waals surface area contributed by atoms with Crippen molar-refractivity contribution in [2.24, 2.45) is 5.10 Å². The SMILES string of the molecule is Cc1ccccc1C(=O)N/N=C\c1cc(C)n(-c2cccc(C(=O)OC(C)C)c2)c1C. The van der Waals surface area contributed by atoms with Crippen molar-refractivity contribution in [1.82, 2.24) is 9.99 Å². The van der Waals surface area contributed by atoms with E-state index in [2.05, 4.69) is 10.5 Å². The van der Waals surface area contributed by atoms with E-state index in [0.29, 0.717) is 11.1 Å². The quantitative estimate of drug-likeness (QED) is 0.358. The van der Waals surface area contributed by atoms with Gasteiger partial charge in [-0.05, 0) is 70.5 Å². The summed E-state index contributed by atoms with van der Waals surface area (Å²) < 4.78 is 7.34. The van der Waals surface area contributed by atoms with E-state index in [1.165, 1.54) is 0 Å². The van der Waals surface area contributed by atoms with Gasteiger partial charge in [-0.25, -0.2) is 10.2 Å². The summed E-state index contributed by atoms with van der Waals surface area (Å²) >= 11 is 0. The first kappa shape index (κ1) is 22.0. The number of hydrazone groups is 1. The normalized spacial score (nSPS) is 11.2. The van der Waals surface area contributed by atoms with Crippen molar-refractivity contribution in [1.29, 1.82) is 0 Å². The fourth-order valence-electron chi connectivity index (χ4n) is 3.42. The summed E-state index contributed by atoms with van der Waals surface area (Å²) in [6, 6.07) is 16.7. The fourth-order valence-corrected chi connectivity index (χ4v) is 3.42. The van der Waals surface area contributed by atoms with Crippen LogP contribution in [0.1, 0.15) is 57.1 Å². The van der Waals surface area contributed by atoms with Crippen LogP contribution in [0.15, 0.2) is 59.7 Å². The van der Waals surface area contributed by atoms with Crippen molar-refractivity contribution in [2.75, 3.05) is 0 Å². The Morgan fingerprint density at radius 1 is 1.03 bits per heavy atom. The smallest absolute Gasteiger partial charge is 0.338 e. The summed E-state index contributed by atoms with van der Waals surface area (Å²) in [5.74, 6) is -0.598. The molecule has 3 aromatic rings. The lowest BCUT2D eigenvalue weighted by molar-refractivity contribution is 0.0377. The average molecular weight is 418 g/mol. The molecule has 2 aromatic carbocycles. The number of rotatable bonds is 6. The molecule has 1 aromatic heterocycles. The third-order valence-corrected chi connectivity index (χ3v) is 4.91. The monoisotopic (exact) mass is 417 g/mol. The predicted octanol–water partition coefficient (Wildman–Crippen LogP) is 4.73. The second-order valence-electron chi connectivity index (χ2n) is 7.68. The van der Waals surface area contributed by atoms with Crippen LogP contribution < -0.4 is 5.43 Å². The van der Waals surface area contributed by atoms with Gasteiger partial charge in [-0.1, -0.05) is 24.3 Å². The summed E-state index contributed by atoms with van der Waals surface area (Å²) in [5, 5.41) is 4.13. The maximum Gasteiger partial charge on any atom is 0.338 e. The van der Waals surface area contributed by atoms with Gasteiger partial charge in [0, 0.05) is 28.2 Å². The van der Waals surface area contributed by atoms with E-state index in [4.69, 9.17) is 4.74 Å². The van der Waals surface area contributed by atoms with E-state index >= 15 is 0 Å². The number of hydrogen-bond donors (Lipinski definition) is 1. The highest BCUT2D eigenvalue weighted by Gasteiger charge is 2.14. The largest absolute Gasteiger partial charge is 0.459 e. The maximum atomic E-state index is 12.3. The Bertz CT molecular complexity index is 1140. The first-order valence-corrected chi connectivity index (χ1v) is 10.2. The number of benzene rings is 2. The molecule has 6 nitrogen and oxygen atoms in total. The van der Waals surface area contributed by atoms with Gasteiger partial charge in [-0.3, -0.25) is 4.79 Å². The molecule has 1 N–H and O–H groups in total. The number of aromatic nitrogens is 1. The molecule has 0 saturated carbocycles. The van der Waals surface area contributed by atoms with Crippen molar-refractivity contribution in [3.63, 3.8) is 0 Å². The molecule has 0 atom stereocenters. The van der Waals surface area contributed by atoms with Gasteiger partial charge in [0.05, 0.1) is 17.9 Å². The minimum absolute atomic E-state index is 0.177. The molecule has 0 aliphatic carbocycles. The van der Waals surface area contributed by atoms with Crippen LogP contribution in [-0.4, -0.2) is 28.8 Å². The van der Waals surface area contributed by atoms with Crippen LogP contribution in [0, 0.1) is 20.8 Å². The lowest BCUT2D eigenvalue weighted by Crippen LogP contribution is -2.18. The molecule has 0 saturated heterocycles. The summed E-state index contributed by atoms with van der Waals surface area (Å²) in [7, 11) is 0. The molecule has 0 radical (unpaired) electrons. The first-order valence-electron chi connectivity index (χ1n) is 10.2. The zero-order chi connectivity index (χ0) is 22.5. The molecular formula is C25H27N3O3. The van der Waals surface area contributed by atoms with Gasteiger partial charge in [-0.2, -0.15) is 5.10 Å². The van der Waals surface area contributed by atoms with Crippen LogP contribution in [0.4, 0.5) is 0 Å². The van der Waals surface area contributed by atoms with Crippen LogP contribution in [0.3, 0.4) is 0 Å². The number of esters is 1. The molecule has 0 aliphatic rings. The summed E-state index contributed by atoms with van der Waals surface area (Å²) in [5.41, 5.74) is 8.23. The van der Waals surface area contributed by atoms with Crippen LogP contribution in [0.25, 0.3) is 5.69 Å². The molecule has 3 rings (SSSR count). The number of nitrogens with zero attached hydrogens (tertiary/aromatic N) is 2. The number of hydrogen-bond acceptors (Lipinski definition) is 4. The van der Waals surface area contributed by atoms with E-state index in [1.54, 1.807) is 18.3 Å². The zero-order valence-corrected chi connectivity index (χ0v) is 18.5. The van der Waals surface area contributed by atoms with Crippen LogP contribution in [-0.2, 0) is 4.74 Å². The number of ether oxygens (including phenoxy) is 1. The Kier molecular flexibility index (Phi) is 6.70. The number of carbonyl (C=O) groups is 2. The molecule has 0 unspecified atom stereocenters. The molecule has 0 aliphatic heterocycles. The molecular weight excluding hydrogens is 390 g/mol. The van der Waals surface area contributed by atoms with Gasteiger partial charge in [-0.15, -0.1) is 0 Å². The minimum Gasteiger partial charge on any atom is -0.459 e. The average Bonchev–Trinajstić information content (AvgIpc) is 3.01. The number of carbonyl (C=O) groups excluding carboxylic acids is 2. The molecule has 0 fully saturated rings. The lowest BCUT2D eigenvalue weighted by Gasteiger charge is -2.12. The standard InChI is InChI=1S/C25H27N3O3/c1-16(2)31-25(30)20-10-8-11-22(14-20)28-18(4)13-21(19(28)5)15-26-27-24(29)23-12-7-6-9-17(23)3/h6-16H,1-5H3,(H,27,29)/b26-15-. The second kappa shape index (κ2) is 9.43. The van der Waals surface area contributed by atoms with E-state index < -0.39 is 0 Å². The van der Waals surface area contributed by atoms with E-state index in [-0.39, 0.29) is 18.0 Å². The van der Waals surface area contributed by atoms with Gasteiger partial charge >= 0.3 is 5.97 Å². The van der Waals surface area contributed by atoms with Crippen molar-refractivity contribution < 1.29 is 14.3 Å². The Morgan fingerprint density at radius 2 is 1.77 bits per heavy atom. The molecule has 1 heterocycles. The lowest BCUT2D eigenvalue weighted by atomic mass is 10.1. The highest BCUT2D eigenvalue weighted by Crippen LogP contribution is 2.21. The van der Waals surface area contributed by atoms with Crippen molar-refractivity contribution in [3.05, 3.63) is 88.2 Å². The molecule has 6 heteroatoms. The number of nitrogens with one attached hydrogen (secondary N) is 1. The van der Waals surface area contributed by atoms with E-state index in [9.17, 15) is 9.59 Å². The third-order valence-electron chi connectivity index (χ3n) is 4.91. The summed E-state index contributed by atoms with van der Waals surface area (Å²) in [6.07, 6.45) is 1.45. The van der Waals surface area contributed by atoms with Crippen LogP contribution >= 0.6 is 0 Å². The number of aryl methyl sites for hydroxylation is 2. The third kappa shape index (κ3) is 5.09. The van der Waals surface area contributed by atoms with Crippen molar-refractivity contribution >= 4 is 18.1 Å². The summed E-state index contributed by atoms with van der Waals surface area (Å²) in [4.78, 5) is 24.6. The predicted molar refractivity (Wildman–Crippen MR) is 122 cm³/mol. The fraction of sp³-hybridized carbons (Fsp3) is 0.240. The van der Waals surface area contributed by atoms with Gasteiger partial charge in [0.2, 0.25) is 0 Å². The molecule has 1 amide bonds. The Balaban J connectivity index is 1.81. The van der Waals surface area contributed by atoms with Gasteiger partial charge in [0.15, 0.2) is 0 Å². The second-order valence-corrected chi connectivity index (χ2v) is 7.68. The topological polar surface area (TPSA) is 72.7 Å². The van der Waals surface area contributed by atoms with Crippen LogP contribution in [0.2, 0.25) is 0 Å². The zero-order valence-electron chi connectivity index (χ0n) is 18.5. The van der Waals surface area contributed by atoms with Crippen LogP contribution in [0.5, 0.6) is 0 Å². The summed E-state index contributed by atoms with van der Waals surface area (Å²) in [6.45, 7) is 9.49. The van der Waals surface area contributed by atoms with Crippen molar-refractivity contribution in [3.8, 4) is 5.69 Å². The molecule has 31 heavy (non-hydrogen) atoms. The Hall–Kier alpha value is -3.67. The Labute approximate surface area is 182 Å². The number of amides is 1. The highest BCUT2D eigenvalue weighted by atomic mass is 16.5. The first-order chi connectivity index (χ1) is 14.8. The van der Waals surface area contributed by atoms with Gasteiger partial charge in [0.25, 0.3) is 5.91 Å².